The second-order valence-electron chi connectivity index (χ2n) is 4.64. The van der Waals surface area contributed by atoms with Crippen molar-refractivity contribution in [1.29, 1.82) is 0 Å². The molecule has 2 nitrogen and oxygen atoms in total. The first-order valence-electron chi connectivity index (χ1n) is 6.03. The Balaban J connectivity index is 2.31. The van der Waals surface area contributed by atoms with Gasteiger partial charge in [-0.2, -0.15) is 0 Å². The minimum absolute atomic E-state index is 0.657. The number of anilines is 1. The van der Waals surface area contributed by atoms with Crippen LogP contribution in [0.4, 0.5) is 5.69 Å². The van der Waals surface area contributed by atoms with Gasteiger partial charge in [0, 0.05) is 20.6 Å². The number of nitrogen functional groups attached to an aromatic ring is 1. The molecule has 0 atom stereocenters. The minimum Gasteiger partial charge on any atom is -0.453 e. The van der Waals surface area contributed by atoms with Gasteiger partial charge < -0.3 is 10.2 Å². The number of furan rings is 1. The van der Waals surface area contributed by atoms with E-state index >= 15 is 0 Å². The molecule has 0 unspecified atom stereocenters. The zero-order valence-corrected chi connectivity index (χ0v) is 11.6. The van der Waals surface area contributed by atoms with Crippen LogP contribution in [0, 0.1) is 0 Å². The summed E-state index contributed by atoms with van der Waals surface area (Å²) in [7, 11) is 0. The number of nitrogens with two attached hydrogens (primary N) is 1. The predicted molar refractivity (Wildman–Crippen MR) is 83.3 cm³/mol. The van der Waals surface area contributed by atoms with Gasteiger partial charge in [0.15, 0.2) is 5.58 Å². The first-order valence-corrected chi connectivity index (χ1v) is 6.82. The molecule has 0 saturated carbocycles. The Morgan fingerprint density at radius 1 is 0.842 bits per heavy atom. The van der Waals surface area contributed by atoms with Crippen LogP contribution in [0.1, 0.15) is 0 Å². The molecule has 92 valence electrons. The Bertz CT molecular complexity index is 940. The molecule has 0 amide bonds. The molecule has 2 N–H and O–H groups in total. The van der Waals surface area contributed by atoms with Gasteiger partial charge in [0.2, 0.25) is 0 Å². The Kier molecular flexibility index (Phi) is 2.15. The lowest BCUT2D eigenvalue weighted by Gasteiger charge is -1.97. The van der Waals surface area contributed by atoms with Crippen LogP contribution in [0.15, 0.2) is 57.4 Å². The summed E-state index contributed by atoms with van der Waals surface area (Å²) in [4.78, 5) is 0. The molecule has 0 aliphatic heterocycles. The lowest BCUT2D eigenvalue weighted by Crippen LogP contribution is -1.84. The van der Waals surface area contributed by atoms with Gasteiger partial charge in [-0.25, -0.2) is 0 Å². The number of halogens is 1. The lowest BCUT2D eigenvalue weighted by atomic mass is 10.1. The number of fused-ring (bicyclic) bond motifs is 5. The summed E-state index contributed by atoms with van der Waals surface area (Å²) in [6.45, 7) is 0. The van der Waals surface area contributed by atoms with Crippen LogP contribution in [0.25, 0.3) is 32.7 Å². The number of rotatable bonds is 0. The smallest absolute Gasteiger partial charge is 0.158 e. The lowest BCUT2D eigenvalue weighted by molar-refractivity contribution is 0.674. The number of hydrogen-bond acceptors (Lipinski definition) is 2. The fraction of sp³-hybridized carbons (Fsp3) is 0. The predicted octanol–water partition coefficient (Wildman–Crippen LogP) is 5.08. The van der Waals surface area contributed by atoms with Crippen molar-refractivity contribution in [2.45, 2.75) is 0 Å². The number of hydrogen-bond donors (Lipinski definition) is 1. The van der Waals surface area contributed by atoms with Gasteiger partial charge in [0.25, 0.3) is 0 Å². The topological polar surface area (TPSA) is 39.2 Å². The van der Waals surface area contributed by atoms with Gasteiger partial charge >= 0.3 is 0 Å². The van der Waals surface area contributed by atoms with Crippen molar-refractivity contribution in [2.75, 3.05) is 5.73 Å². The van der Waals surface area contributed by atoms with Crippen molar-refractivity contribution in [3.05, 3.63) is 53.0 Å². The highest BCUT2D eigenvalue weighted by Gasteiger charge is 2.12. The number of benzene rings is 3. The SMILES string of the molecule is Nc1cc(Br)cc2c1oc1c3ccccc3ccc21. The highest BCUT2D eigenvalue weighted by molar-refractivity contribution is 9.10. The van der Waals surface area contributed by atoms with E-state index in [0.717, 1.165) is 31.8 Å². The van der Waals surface area contributed by atoms with E-state index in [1.54, 1.807) is 0 Å². The molecular formula is C16H10BrNO. The van der Waals surface area contributed by atoms with E-state index in [-0.39, 0.29) is 0 Å². The normalized spacial score (nSPS) is 11.6. The van der Waals surface area contributed by atoms with Gasteiger partial charge in [-0.1, -0.05) is 46.3 Å². The molecular weight excluding hydrogens is 302 g/mol. The van der Waals surface area contributed by atoms with Crippen LogP contribution in [-0.2, 0) is 0 Å². The summed E-state index contributed by atoms with van der Waals surface area (Å²) < 4.78 is 6.97. The minimum atomic E-state index is 0.657. The molecule has 3 heteroatoms. The monoisotopic (exact) mass is 311 g/mol. The summed E-state index contributed by atoms with van der Waals surface area (Å²) in [5.41, 5.74) is 8.36. The molecule has 3 aromatic carbocycles. The van der Waals surface area contributed by atoms with Gasteiger partial charge in [-0.05, 0) is 23.6 Å². The molecule has 0 radical (unpaired) electrons. The molecule has 0 spiro atoms. The highest BCUT2D eigenvalue weighted by atomic mass is 79.9. The van der Waals surface area contributed by atoms with Gasteiger partial charge in [-0.3, -0.25) is 0 Å². The van der Waals surface area contributed by atoms with E-state index in [4.69, 9.17) is 10.2 Å². The first kappa shape index (κ1) is 10.9. The van der Waals surface area contributed by atoms with Crippen molar-refractivity contribution in [3.8, 4) is 0 Å². The van der Waals surface area contributed by atoms with Crippen molar-refractivity contribution in [3.63, 3.8) is 0 Å². The van der Waals surface area contributed by atoms with Gasteiger partial charge in [0.05, 0.1) is 5.69 Å². The molecule has 0 saturated heterocycles. The van der Waals surface area contributed by atoms with E-state index in [9.17, 15) is 0 Å². The van der Waals surface area contributed by atoms with Crippen LogP contribution in [0.5, 0.6) is 0 Å². The molecule has 1 aromatic heterocycles. The van der Waals surface area contributed by atoms with Crippen molar-refractivity contribution in [2.24, 2.45) is 0 Å². The maximum absolute atomic E-state index is 6.04. The average Bonchev–Trinajstić information content (AvgIpc) is 2.78. The van der Waals surface area contributed by atoms with Crippen LogP contribution < -0.4 is 5.73 Å². The third kappa shape index (κ3) is 1.48. The molecule has 0 aliphatic carbocycles. The Hall–Kier alpha value is -2.00. The zero-order valence-electron chi connectivity index (χ0n) is 9.98. The maximum Gasteiger partial charge on any atom is 0.158 e. The quantitative estimate of drug-likeness (QED) is 0.460. The second kappa shape index (κ2) is 3.75. The van der Waals surface area contributed by atoms with Gasteiger partial charge in [0.1, 0.15) is 5.58 Å². The Labute approximate surface area is 117 Å². The van der Waals surface area contributed by atoms with Crippen LogP contribution >= 0.6 is 15.9 Å². The summed E-state index contributed by atoms with van der Waals surface area (Å²) >= 11 is 3.48. The van der Waals surface area contributed by atoms with Crippen LogP contribution in [0.3, 0.4) is 0 Å². The molecule has 1 heterocycles. The third-order valence-corrected chi connectivity index (χ3v) is 3.91. The standard InChI is InChI=1S/C16H10BrNO/c17-10-7-13-12-6-5-9-3-1-2-4-11(9)15(12)19-16(13)14(18)8-10/h1-8H,18H2. The van der Waals surface area contributed by atoms with E-state index in [0.29, 0.717) is 5.69 Å². The van der Waals surface area contributed by atoms with Crippen LogP contribution in [-0.4, -0.2) is 0 Å². The highest BCUT2D eigenvalue weighted by Crippen LogP contribution is 2.37. The summed E-state index contributed by atoms with van der Waals surface area (Å²) in [6, 6.07) is 16.3. The van der Waals surface area contributed by atoms with Crippen molar-refractivity contribution < 1.29 is 4.42 Å². The van der Waals surface area contributed by atoms with Crippen molar-refractivity contribution in [1.82, 2.24) is 0 Å². The van der Waals surface area contributed by atoms with Crippen molar-refractivity contribution >= 4 is 54.3 Å². The van der Waals surface area contributed by atoms with E-state index in [2.05, 4.69) is 40.2 Å². The zero-order chi connectivity index (χ0) is 13.0. The van der Waals surface area contributed by atoms with Gasteiger partial charge in [-0.15, -0.1) is 0 Å². The average molecular weight is 312 g/mol. The summed E-state index contributed by atoms with van der Waals surface area (Å²) in [5, 5.41) is 4.44. The molecule has 19 heavy (non-hydrogen) atoms. The maximum atomic E-state index is 6.04. The molecule has 0 aliphatic rings. The van der Waals surface area contributed by atoms with E-state index < -0.39 is 0 Å². The summed E-state index contributed by atoms with van der Waals surface area (Å²) in [6.07, 6.45) is 0. The largest absolute Gasteiger partial charge is 0.453 e. The molecule has 4 rings (SSSR count). The molecule has 0 fully saturated rings. The summed E-state index contributed by atoms with van der Waals surface area (Å²) in [5.74, 6) is 0. The Morgan fingerprint density at radius 3 is 2.58 bits per heavy atom. The Morgan fingerprint density at radius 2 is 1.68 bits per heavy atom. The van der Waals surface area contributed by atoms with E-state index in [1.165, 1.54) is 5.39 Å². The molecule has 0 bridgehead atoms. The van der Waals surface area contributed by atoms with E-state index in [1.807, 2.05) is 24.3 Å². The second-order valence-corrected chi connectivity index (χ2v) is 5.55. The fourth-order valence-electron chi connectivity index (χ4n) is 2.60. The first-order chi connectivity index (χ1) is 9.24. The molecule has 4 aromatic rings. The van der Waals surface area contributed by atoms with Crippen LogP contribution in [0.2, 0.25) is 0 Å². The third-order valence-electron chi connectivity index (χ3n) is 3.46. The fourth-order valence-corrected chi connectivity index (χ4v) is 3.07.